The second-order valence-corrected chi connectivity index (χ2v) is 16.9. The Balaban J connectivity index is 1.20. The maximum atomic E-state index is 16.8. The summed E-state index contributed by atoms with van der Waals surface area (Å²) in [7, 11) is 0. The minimum Gasteiger partial charge on any atom is -0.309 e. The van der Waals surface area contributed by atoms with Crippen LogP contribution in [0.1, 0.15) is 11.1 Å². The van der Waals surface area contributed by atoms with E-state index in [0.717, 1.165) is 43.8 Å². The lowest BCUT2D eigenvalue weighted by molar-refractivity contribution is -0.137. The van der Waals surface area contributed by atoms with Crippen molar-refractivity contribution in [2.75, 3.05) is 0 Å². The van der Waals surface area contributed by atoms with Crippen molar-refractivity contribution in [1.29, 1.82) is 5.26 Å². The summed E-state index contributed by atoms with van der Waals surface area (Å²) in [6.45, 7) is 7.62. The minimum atomic E-state index is -4.90. The van der Waals surface area contributed by atoms with Crippen molar-refractivity contribution in [3.8, 4) is 73.9 Å². The molecular formula is C60H34F3N7. The monoisotopic (exact) mass is 909 g/mol. The molecule has 12 rings (SSSR count). The number of hydrogen-bond acceptors (Lipinski definition) is 4. The van der Waals surface area contributed by atoms with Crippen LogP contribution in [0, 0.1) is 17.9 Å². The fourth-order valence-electron chi connectivity index (χ4n) is 9.67. The van der Waals surface area contributed by atoms with Crippen LogP contribution in [0.4, 0.5) is 18.9 Å². The van der Waals surface area contributed by atoms with Crippen molar-refractivity contribution in [2.24, 2.45) is 0 Å². The van der Waals surface area contributed by atoms with Gasteiger partial charge in [0.15, 0.2) is 23.2 Å². The van der Waals surface area contributed by atoms with E-state index in [0.29, 0.717) is 61.7 Å². The molecule has 70 heavy (non-hydrogen) atoms. The van der Waals surface area contributed by atoms with Crippen molar-refractivity contribution in [3.63, 3.8) is 0 Å². The second-order valence-electron chi connectivity index (χ2n) is 16.9. The van der Waals surface area contributed by atoms with Gasteiger partial charge in [0.25, 0.3) is 0 Å². The average Bonchev–Trinajstić information content (AvgIpc) is 3.93. The fourth-order valence-corrected chi connectivity index (χ4v) is 9.67. The Bertz CT molecular complexity index is 3890. The number of benzene rings is 9. The quantitative estimate of drug-likeness (QED) is 0.149. The molecule has 9 aromatic carbocycles. The molecule has 0 bridgehead atoms. The Kier molecular flexibility index (Phi) is 9.90. The molecule has 0 saturated carbocycles. The Morgan fingerprint density at radius 3 is 1.34 bits per heavy atom. The van der Waals surface area contributed by atoms with Crippen molar-refractivity contribution < 1.29 is 13.2 Å². The van der Waals surface area contributed by atoms with E-state index in [9.17, 15) is 5.26 Å². The number of alkyl halides is 3. The lowest BCUT2D eigenvalue weighted by Crippen LogP contribution is -2.16. The molecule has 0 aliphatic carbocycles. The number of rotatable bonds is 7. The molecular weight excluding hydrogens is 876 g/mol. The van der Waals surface area contributed by atoms with Crippen LogP contribution in [-0.4, -0.2) is 24.1 Å². The van der Waals surface area contributed by atoms with Gasteiger partial charge in [-0.3, -0.25) is 0 Å². The molecule has 3 heterocycles. The first-order valence-electron chi connectivity index (χ1n) is 22.4. The lowest BCUT2D eigenvalue weighted by atomic mass is 10.0. The van der Waals surface area contributed by atoms with Gasteiger partial charge < -0.3 is 9.13 Å². The van der Waals surface area contributed by atoms with Gasteiger partial charge >= 0.3 is 6.18 Å². The van der Waals surface area contributed by atoms with Crippen LogP contribution in [0.2, 0.25) is 0 Å². The van der Waals surface area contributed by atoms with Gasteiger partial charge in [0.2, 0.25) is 0 Å². The van der Waals surface area contributed by atoms with Crippen LogP contribution in [0.5, 0.6) is 0 Å². The van der Waals surface area contributed by atoms with E-state index in [4.69, 9.17) is 21.5 Å². The van der Waals surface area contributed by atoms with Gasteiger partial charge in [0.05, 0.1) is 51.6 Å². The topological polar surface area (TPSA) is 76.7 Å². The summed E-state index contributed by atoms with van der Waals surface area (Å²) < 4.78 is 53.8. The standard InChI is InChI=1S/C60H34F3N7/c1-65-45-21-13-20-41(31-45)43-27-29-53-49(33-43)47-23-9-11-25-51(47)70(53)55-35-44(59-67-57(38-15-4-2-5-16-38)66-58(68-59)39-17-6-3-7-18-39)34-54(56(55)60(61,62)63)69-50-24-10-8-22-46(50)48-32-42(26-28-52(48)69)40-19-12-14-37(30-40)36-64/h2-35H. The van der Waals surface area contributed by atoms with Crippen molar-refractivity contribution in [2.45, 2.75) is 6.18 Å². The van der Waals surface area contributed by atoms with E-state index in [-0.39, 0.29) is 17.2 Å². The summed E-state index contributed by atoms with van der Waals surface area (Å²) in [5, 5.41) is 12.7. The summed E-state index contributed by atoms with van der Waals surface area (Å²) in [6.07, 6.45) is -4.90. The molecule has 10 heteroatoms. The number of para-hydroxylation sites is 2. The largest absolute Gasteiger partial charge is 0.420 e. The Morgan fingerprint density at radius 2 is 0.843 bits per heavy atom. The molecule has 3 aromatic heterocycles. The number of aromatic nitrogens is 5. The molecule has 0 N–H and O–H groups in total. The first-order valence-corrected chi connectivity index (χ1v) is 22.4. The average molecular weight is 910 g/mol. The highest BCUT2D eigenvalue weighted by molar-refractivity contribution is 6.12. The summed E-state index contributed by atoms with van der Waals surface area (Å²) >= 11 is 0. The molecule has 0 atom stereocenters. The van der Waals surface area contributed by atoms with Crippen LogP contribution >= 0.6 is 0 Å². The van der Waals surface area contributed by atoms with Gasteiger partial charge in [-0.15, -0.1) is 0 Å². The first kappa shape index (κ1) is 41.8. The van der Waals surface area contributed by atoms with Crippen LogP contribution in [0.25, 0.3) is 116 Å². The number of halogens is 3. The fraction of sp³-hybridized carbons (Fsp3) is 0.0167. The smallest absolute Gasteiger partial charge is 0.309 e. The zero-order valence-corrected chi connectivity index (χ0v) is 36.9. The summed E-state index contributed by atoms with van der Waals surface area (Å²) in [5.41, 5.74) is 7.15. The van der Waals surface area contributed by atoms with Gasteiger partial charge in [-0.25, -0.2) is 19.8 Å². The molecule has 0 aliphatic heterocycles. The zero-order valence-electron chi connectivity index (χ0n) is 36.9. The third-order valence-corrected chi connectivity index (χ3v) is 12.8. The van der Waals surface area contributed by atoms with Crippen LogP contribution in [0.3, 0.4) is 0 Å². The summed E-state index contributed by atoms with van der Waals surface area (Å²) in [4.78, 5) is 18.6. The molecule has 0 fully saturated rings. The maximum absolute atomic E-state index is 16.8. The highest BCUT2D eigenvalue weighted by atomic mass is 19.4. The van der Waals surface area contributed by atoms with E-state index in [1.54, 1.807) is 39.5 Å². The van der Waals surface area contributed by atoms with E-state index < -0.39 is 11.7 Å². The van der Waals surface area contributed by atoms with E-state index >= 15 is 13.2 Å². The van der Waals surface area contributed by atoms with E-state index in [2.05, 4.69) is 10.9 Å². The molecule has 0 aliphatic rings. The molecule has 0 unspecified atom stereocenters. The summed E-state index contributed by atoms with van der Waals surface area (Å²) in [6, 6.07) is 65.2. The minimum absolute atomic E-state index is 0.118. The molecule has 330 valence electrons. The molecule has 0 spiro atoms. The van der Waals surface area contributed by atoms with Crippen molar-refractivity contribution in [3.05, 3.63) is 229 Å². The van der Waals surface area contributed by atoms with Gasteiger partial charge in [-0.1, -0.05) is 140 Å². The van der Waals surface area contributed by atoms with Gasteiger partial charge in [0, 0.05) is 38.2 Å². The lowest BCUT2D eigenvalue weighted by Gasteiger charge is -2.23. The third kappa shape index (κ3) is 7.11. The van der Waals surface area contributed by atoms with Gasteiger partial charge in [0.1, 0.15) is 5.56 Å². The Hall–Kier alpha value is -9.64. The number of hydrogen-bond donors (Lipinski definition) is 0. The Labute approximate surface area is 399 Å². The Morgan fingerprint density at radius 1 is 0.414 bits per heavy atom. The van der Waals surface area contributed by atoms with Crippen molar-refractivity contribution >= 4 is 49.3 Å². The van der Waals surface area contributed by atoms with Crippen LogP contribution in [0.15, 0.2) is 206 Å². The molecule has 0 saturated heterocycles. The zero-order chi connectivity index (χ0) is 47.5. The van der Waals surface area contributed by atoms with Crippen LogP contribution in [-0.2, 0) is 6.18 Å². The molecule has 12 aromatic rings. The molecule has 7 nitrogen and oxygen atoms in total. The summed E-state index contributed by atoms with van der Waals surface area (Å²) in [5.74, 6) is 0.917. The number of nitrogens with zero attached hydrogens (tertiary/aromatic N) is 7. The van der Waals surface area contributed by atoms with Crippen LogP contribution < -0.4 is 0 Å². The first-order chi connectivity index (χ1) is 34.2. The SMILES string of the molecule is [C-]#[N+]c1cccc(-c2ccc3c(c2)c2ccccc2n3-c2cc(-c3nc(-c4ccccc4)nc(-c4ccccc4)n3)cc(-n3c4ccccc4c4cc(-c5cccc(C#N)c5)ccc43)c2C(F)(F)F)c1. The van der Waals surface area contributed by atoms with Gasteiger partial charge in [-0.05, 0) is 89.0 Å². The second kappa shape index (κ2) is 16.6. The van der Waals surface area contributed by atoms with E-state index in [1.807, 2.05) is 176 Å². The van der Waals surface area contributed by atoms with E-state index in [1.165, 1.54) is 0 Å². The van der Waals surface area contributed by atoms with Crippen molar-refractivity contribution in [1.82, 2.24) is 24.1 Å². The molecule has 0 amide bonds. The highest BCUT2D eigenvalue weighted by Crippen LogP contribution is 2.47. The highest BCUT2D eigenvalue weighted by Gasteiger charge is 2.40. The van der Waals surface area contributed by atoms with Gasteiger partial charge in [-0.2, -0.15) is 18.4 Å². The third-order valence-electron chi connectivity index (χ3n) is 12.8. The maximum Gasteiger partial charge on any atom is 0.420 e. The normalized spacial score (nSPS) is 11.6. The predicted octanol–water partition coefficient (Wildman–Crippen LogP) is 15.8. The number of fused-ring (bicyclic) bond motifs is 6. The molecule has 0 radical (unpaired) electrons. The number of nitriles is 1. The predicted molar refractivity (Wildman–Crippen MR) is 272 cm³/mol.